The molecule has 0 aromatic heterocycles. The third-order valence-corrected chi connectivity index (χ3v) is 4.88. The quantitative estimate of drug-likeness (QED) is 0.668. The lowest BCUT2D eigenvalue weighted by Gasteiger charge is -2.34. The average molecular weight is 329 g/mol. The summed E-state index contributed by atoms with van der Waals surface area (Å²) < 4.78 is 5.33. The number of rotatable bonds is 7. The second kappa shape index (κ2) is 9.37. The van der Waals surface area contributed by atoms with Crippen molar-refractivity contribution in [3.63, 3.8) is 0 Å². The van der Waals surface area contributed by atoms with E-state index >= 15 is 0 Å². The predicted molar refractivity (Wildman–Crippen MR) is 88.0 cm³/mol. The zero-order valence-corrected chi connectivity index (χ0v) is 14.2. The number of thioether (sulfide) groups is 1. The highest BCUT2D eigenvalue weighted by molar-refractivity contribution is 7.98. The lowest BCUT2D eigenvalue weighted by atomic mass is 9.96. The molecule has 0 aromatic carbocycles. The molecular weight excluding hydrogens is 302 g/mol. The van der Waals surface area contributed by atoms with Crippen molar-refractivity contribution < 1.29 is 14.3 Å². The second-order valence-corrected chi connectivity index (χ2v) is 6.80. The minimum Gasteiger partial charge on any atom is -0.379 e. The molecule has 0 radical (unpaired) electrons. The Morgan fingerprint density at radius 2 is 2.14 bits per heavy atom. The van der Waals surface area contributed by atoms with Gasteiger partial charge in [0.25, 0.3) is 0 Å². The van der Waals surface area contributed by atoms with Gasteiger partial charge in [-0.05, 0) is 12.7 Å². The smallest absolute Gasteiger partial charge is 0.224 e. The van der Waals surface area contributed by atoms with E-state index in [2.05, 4.69) is 10.2 Å². The number of piperidine rings is 1. The Balaban J connectivity index is 1.74. The summed E-state index contributed by atoms with van der Waals surface area (Å²) in [6.07, 6.45) is 3.19. The summed E-state index contributed by atoms with van der Waals surface area (Å²) in [4.78, 5) is 28.4. The van der Waals surface area contributed by atoms with E-state index in [0.29, 0.717) is 32.5 Å². The number of nitrogens with one attached hydrogen (secondary N) is 1. The van der Waals surface area contributed by atoms with Crippen LogP contribution in [0.15, 0.2) is 0 Å². The summed E-state index contributed by atoms with van der Waals surface area (Å²) in [5.74, 6) is 1.15. The number of morpholine rings is 1. The number of likely N-dealkylation sites (tertiary alicyclic amines) is 1. The van der Waals surface area contributed by atoms with Crippen molar-refractivity contribution in [1.82, 2.24) is 15.1 Å². The van der Waals surface area contributed by atoms with E-state index < -0.39 is 0 Å². The van der Waals surface area contributed by atoms with Crippen molar-refractivity contribution in [2.45, 2.75) is 12.8 Å². The molecule has 1 N–H and O–H groups in total. The van der Waals surface area contributed by atoms with E-state index in [1.54, 1.807) is 11.8 Å². The highest BCUT2D eigenvalue weighted by atomic mass is 32.2. The molecule has 2 aliphatic heterocycles. The summed E-state index contributed by atoms with van der Waals surface area (Å²) in [7, 11) is 0. The fourth-order valence-corrected chi connectivity index (χ4v) is 3.16. The van der Waals surface area contributed by atoms with Crippen LogP contribution >= 0.6 is 11.8 Å². The van der Waals surface area contributed by atoms with E-state index in [1.165, 1.54) is 0 Å². The Morgan fingerprint density at radius 1 is 1.36 bits per heavy atom. The highest BCUT2D eigenvalue weighted by Gasteiger charge is 2.30. The standard InChI is InChI=1S/C15H27N3O3S/c1-22-11-4-16-15(20)13-2-3-14(19)18(12-13)6-5-17-7-9-21-10-8-17/h13H,2-12H2,1H3,(H,16,20). The first kappa shape index (κ1) is 17.6. The Labute approximate surface area is 136 Å². The maximum Gasteiger partial charge on any atom is 0.224 e. The van der Waals surface area contributed by atoms with E-state index in [1.807, 2.05) is 11.2 Å². The van der Waals surface area contributed by atoms with Gasteiger partial charge in [-0.15, -0.1) is 0 Å². The number of carbonyl (C=O) groups is 2. The largest absolute Gasteiger partial charge is 0.379 e. The molecular formula is C15H27N3O3S. The summed E-state index contributed by atoms with van der Waals surface area (Å²) >= 11 is 1.72. The van der Waals surface area contributed by atoms with Gasteiger partial charge in [-0.25, -0.2) is 0 Å². The van der Waals surface area contributed by atoms with Crippen molar-refractivity contribution in [3.8, 4) is 0 Å². The highest BCUT2D eigenvalue weighted by Crippen LogP contribution is 2.18. The van der Waals surface area contributed by atoms with Gasteiger partial charge < -0.3 is 15.0 Å². The topological polar surface area (TPSA) is 61.9 Å². The maximum absolute atomic E-state index is 12.1. The molecule has 7 heteroatoms. The fourth-order valence-electron chi connectivity index (χ4n) is 2.85. The molecule has 2 amide bonds. The van der Waals surface area contributed by atoms with Gasteiger partial charge in [0.15, 0.2) is 0 Å². The molecule has 0 saturated carbocycles. The average Bonchev–Trinajstić information content (AvgIpc) is 2.55. The van der Waals surface area contributed by atoms with Gasteiger partial charge in [-0.1, -0.05) is 0 Å². The first-order valence-electron chi connectivity index (χ1n) is 8.05. The summed E-state index contributed by atoms with van der Waals surface area (Å²) in [5, 5.41) is 2.97. The number of hydrogen-bond donors (Lipinski definition) is 1. The van der Waals surface area contributed by atoms with Gasteiger partial charge in [0.1, 0.15) is 0 Å². The number of hydrogen-bond acceptors (Lipinski definition) is 5. The zero-order chi connectivity index (χ0) is 15.8. The molecule has 2 rings (SSSR count). The molecule has 6 nitrogen and oxygen atoms in total. The summed E-state index contributed by atoms with van der Waals surface area (Å²) in [6.45, 7) is 6.26. The molecule has 22 heavy (non-hydrogen) atoms. The molecule has 2 aliphatic rings. The molecule has 0 aliphatic carbocycles. The number of nitrogens with zero attached hydrogens (tertiary/aromatic N) is 2. The predicted octanol–water partition coefficient (Wildman–Crippen LogP) is 0.0364. The Morgan fingerprint density at radius 3 is 2.86 bits per heavy atom. The third kappa shape index (κ3) is 5.44. The first-order chi connectivity index (χ1) is 10.7. The zero-order valence-electron chi connectivity index (χ0n) is 13.4. The molecule has 2 heterocycles. The van der Waals surface area contributed by atoms with Crippen LogP contribution in [-0.2, 0) is 14.3 Å². The van der Waals surface area contributed by atoms with Gasteiger partial charge in [-0.2, -0.15) is 11.8 Å². The monoisotopic (exact) mass is 329 g/mol. The van der Waals surface area contributed by atoms with Gasteiger partial charge in [-0.3, -0.25) is 14.5 Å². The van der Waals surface area contributed by atoms with Crippen LogP contribution in [0.5, 0.6) is 0 Å². The van der Waals surface area contributed by atoms with Crippen molar-refractivity contribution in [1.29, 1.82) is 0 Å². The maximum atomic E-state index is 12.1. The van der Waals surface area contributed by atoms with Crippen molar-refractivity contribution in [3.05, 3.63) is 0 Å². The second-order valence-electron chi connectivity index (χ2n) is 5.81. The third-order valence-electron chi connectivity index (χ3n) is 4.27. The van der Waals surface area contributed by atoms with Crippen LogP contribution in [-0.4, -0.2) is 86.1 Å². The van der Waals surface area contributed by atoms with Crippen LogP contribution in [0.1, 0.15) is 12.8 Å². The van der Waals surface area contributed by atoms with Crippen LogP contribution in [0, 0.1) is 5.92 Å². The molecule has 0 spiro atoms. The SMILES string of the molecule is CSCCNC(=O)C1CCC(=O)N(CCN2CCOCC2)C1. The van der Waals surface area contributed by atoms with Crippen molar-refractivity contribution in [2.75, 3.05) is 64.5 Å². The lowest BCUT2D eigenvalue weighted by molar-refractivity contribution is -0.138. The summed E-state index contributed by atoms with van der Waals surface area (Å²) in [5.41, 5.74) is 0. The van der Waals surface area contributed by atoms with Crippen LogP contribution in [0.3, 0.4) is 0 Å². The van der Waals surface area contributed by atoms with E-state index in [9.17, 15) is 9.59 Å². The Bertz CT molecular complexity index is 375. The van der Waals surface area contributed by atoms with Crippen molar-refractivity contribution in [2.24, 2.45) is 5.92 Å². The summed E-state index contributed by atoms with van der Waals surface area (Å²) in [6, 6.07) is 0. The fraction of sp³-hybridized carbons (Fsp3) is 0.867. The normalized spacial score (nSPS) is 23.6. The molecule has 0 aromatic rings. The number of carbonyl (C=O) groups excluding carboxylic acids is 2. The van der Waals surface area contributed by atoms with Gasteiger partial charge in [0, 0.05) is 51.4 Å². The molecule has 2 fully saturated rings. The number of amides is 2. The van der Waals surface area contributed by atoms with E-state index in [-0.39, 0.29) is 17.7 Å². The van der Waals surface area contributed by atoms with Crippen molar-refractivity contribution >= 4 is 23.6 Å². The van der Waals surface area contributed by atoms with Gasteiger partial charge in [0.05, 0.1) is 19.1 Å². The molecule has 1 atom stereocenters. The van der Waals surface area contributed by atoms with Crippen LogP contribution in [0.25, 0.3) is 0 Å². The number of ether oxygens (including phenoxy) is 1. The van der Waals surface area contributed by atoms with Crippen LogP contribution < -0.4 is 5.32 Å². The minimum atomic E-state index is -0.0516. The first-order valence-corrected chi connectivity index (χ1v) is 9.44. The van der Waals surface area contributed by atoms with Crippen LogP contribution in [0.2, 0.25) is 0 Å². The van der Waals surface area contributed by atoms with E-state index in [4.69, 9.17) is 4.74 Å². The Hall–Kier alpha value is -0.790. The van der Waals surface area contributed by atoms with E-state index in [0.717, 1.165) is 38.6 Å². The van der Waals surface area contributed by atoms with Gasteiger partial charge >= 0.3 is 0 Å². The molecule has 1 unspecified atom stereocenters. The lowest BCUT2D eigenvalue weighted by Crippen LogP contribution is -2.49. The minimum absolute atomic E-state index is 0.0516. The molecule has 0 bridgehead atoms. The molecule has 2 saturated heterocycles. The van der Waals surface area contributed by atoms with Crippen LogP contribution in [0.4, 0.5) is 0 Å². The Kier molecular flexibility index (Phi) is 7.48. The van der Waals surface area contributed by atoms with Gasteiger partial charge in [0.2, 0.25) is 11.8 Å². The molecule has 126 valence electrons.